The molecule has 0 saturated heterocycles. The predicted molar refractivity (Wildman–Crippen MR) is 41.8 cm³/mol. The fraction of sp³-hybridized carbons (Fsp3) is 0. The summed E-state index contributed by atoms with van der Waals surface area (Å²) in [6.07, 6.45) is 0. The largest absolute Gasteiger partial charge is 1.00 e. The van der Waals surface area contributed by atoms with E-state index in [1.165, 1.54) is 0 Å². The van der Waals surface area contributed by atoms with Gasteiger partial charge in [0.05, 0.1) is 0 Å². The summed E-state index contributed by atoms with van der Waals surface area (Å²) in [6.45, 7) is 0. The minimum absolute atomic E-state index is 0. The third-order valence-electron chi connectivity index (χ3n) is 0.667. The summed E-state index contributed by atoms with van der Waals surface area (Å²) < 4.78 is 8.88. The molecule has 0 aromatic heterocycles. The zero-order valence-electron chi connectivity index (χ0n) is 7.66. The second kappa shape index (κ2) is 7.95. The van der Waals surface area contributed by atoms with Gasteiger partial charge in [0.15, 0.2) is 0 Å². The Kier molecular flexibility index (Phi) is 9.83. The molecular weight excluding hydrogens is 190 g/mol. The van der Waals surface area contributed by atoms with Crippen LogP contribution in [0.15, 0.2) is 36.4 Å². The molecule has 0 bridgehead atoms. The molecule has 0 atom stereocenters. The Labute approximate surface area is 94.3 Å². The standard InChI is InChI=1S/C6H6.Na.H3O4P.H/c1-2-4-6-5-3-1;;1-5(2,3)4;/h1-6H;;(H3,1,2,3,4);/q;+1;;-1. The van der Waals surface area contributed by atoms with Gasteiger partial charge in [-0.05, 0) is 0 Å². The van der Waals surface area contributed by atoms with E-state index in [1.54, 1.807) is 0 Å². The van der Waals surface area contributed by atoms with Gasteiger partial charge in [-0.1, -0.05) is 36.4 Å². The summed E-state index contributed by atoms with van der Waals surface area (Å²) in [5.41, 5.74) is 0. The van der Waals surface area contributed by atoms with Crippen molar-refractivity contribution < 1.29 is 50.2 Å². The number of benzene rings is 1. The Morgan fingerprint density at radius 1 is 0.833 bits per heavy atom. The van der Waals surface area contributed by atoms with Gasteiger partial charge in [-0.2, -0.15) is 0 Å². The molecule has 0 amide bonds. The van der Waals surface area contributed by atoms with E-state index in [1.807, 2.05) is 36.4 Å². The SMILES string of the molecule is O=P(O)(O)O.[H-].[Na+].c1ccccc1. The molecule has 1 rings (SSSR count). The second-order valence-electron chi connectivity index (χ2n) is 1.67. The summed E-state index contributed by atoms with van der Waals surface area (Å²) >= 11 is 0. The summed E-state index contributed by atoms with van der Waals surface area (Å²) in [5, 5.41) is 0. The molecule has 6 heteroatoms. The van der Waals surface area contributed by atoms with Crippen molar-refractivity contribution >= 4 is 7.82 Å². The van der Waals surface area contributed by atoms with Crippen molar-refractivity contribution in [3.63, 3.8) is 0 Å². The molecule has 3 N–H and O–H groups in total. The fourth-order valence-electron chi connectivity index (χ4n) is 0.385. The van der Waals surface area contributed by atoms with E-state index in [4.69, 9.17) is 19.2 Å². The molecule has 1 aromatic carbocycles. The van der Waals surface area contributed by atoms with Crippen LogP contribution >= 0.6 is 7.82 Å². The minimum Gasteiger partial charge on any atom is -1.00 e. The van der Waals surface area contributed by atoms with Gasteiger partial charge < -0.3 is 16.1 Å². The molecule has 1 aromatic rings. The van der Waals surface area contributed by atoms with Crippen LogP contribution in [0.25, 0.3) is 0 Å². The molecule has 4 nitrogen and oxygen atoms in total. The van der Waals surface area contributed by atoms with Gasteiger partial charge in [-0.25, -0.2) is 4.57 Å². The average molecular weight is 200 g/mol. The van der Waals surface area contributed by atoms with Crippen molar-refractivity contribution in [1.29, 1.82) is 0 Å². The molecule has 0 aliphatic carbocycles. The average Bonchev–Trinajstić information content (AvgIpc) is 1.88. The molecule has 64 valence electrons. The third-order valence-corrected chi connectivity index (χ3v) is 0.667. The van der Waals surface area contributed by atoms with Gasteiger partial charge in [-0.15, -0.1) is 0 Å². The van der Waals surface area contributed by atoms with Gasteiger partial charge >= 0.3 is 37.4 Å². The number of hydrogen-bond donors (Lipinski definition) is 3. The first kappa shape index (κ1) is 14.8. The Balaban J connectivity index is -0.000000136. The van der Waals surface area contributed by atoms with Crippen LogP contribution in [0.4, 0.5) is 0 Å². The second-order valence-corrected chi connectivity index (χ2v) is 2.69. The summed E-state index contributed by atoms with van der Waals surface area (Å²) in [7, 11) is -4.64. The molecule has 0 spiro atoms. The Morgan fingerprint density at radius 2 is 0.917 bits per heavy atom. The van der Waals surface area contributed by atoms with Crippen LogP contribution < -0.4 is 29.6 Å². The topological polar surface area (TPSA) is 77.8 Å². The van der Waals surface area contributed by atoms with E-state index in [0.29, 0.717) is 0 Å². The van der Waals surface area contributed by atoms with E-state index in [-0.39, 0.29) is 31.0 Å². The molecule has 0 saturated carbocycles. The quantitative estimate of drug-likeness (QED) is 0.330. The summed E-state index contributed by atoms with van der Waals surface area (Å²) in [6, 6.07) is 12.0. The smallest absolute Gasteiger partial charge is 1.00 e. The Bertz CT molecular complexity index is 192. The predicted octanol–water partition coefficient (Wildman–Crippen LogP) is -2.13. The van der Waals surface area contributed by atoms with Crippen LogP contribution in [0.5, 0.6) is 0 Å². The van der Waals surface area contributed by atoms with Gasteiger partial charge in [-0.3, -0.25) is 0 Å². The summed E-state index contributed by atoms with van der Waals surface area (Å²) in [5.74, 6) is 0. The van der Waals surface area contributed by atoms with Crippen LogP contribution in [-0.4, -0.2) is 14.7 Å². The third kappa shape index (κ3) is 22.4. The summed E-state index contributed by atoms with van der Waals surface area (Å²) in [4.78, 5) is 21.6. The van der Waals surface area contributed by atoms with Crippen LogP contribution in [0.3, 0.4) is 0 Å². The maximum absolute atomic E-state index is 8.88. The molecule has 0 fully saturated rings. The normalized spacial score (nSPS) is 8.92. The molecule has 0 aliphatic heterocycles. The van der Waals surface area contributed by atoms with Crippen molar-refractivity contribution in [2.75, 3.05) is 0 Å². The maximum atomic E-state index is 8.88. The first-order chi connectivity index (χ1) is 5.00. The number of hydrogen-bond acceptors (Lipinski definition) is 1. The number of phosphoric acid groups is 1. The molecule has 12 heavy (non-hydrogen) atoms. The molecule has 0 radical (unpaired) electrons. The van der Waals surface area contributed by atoms with Gasteiger partial charge in [0.25, 0.3) is 0 Å². The zero-order chi connectivity index (χ0) is 8.74. The maximum Gasteiger partial charge on any atom is 1.00 e. The van der Waals surface area contributed by atoms with Crippen molar-refractivity contribution in [2.45, 2.75) is 0 Å². The van der Waals surface area contributed by atoms with Crippen LogP contribution in [0.2, 0.25) is 0 Å². The molecule has 0 unspecified atom stereocenters. The Morgan fingerprint density at radius 3 is 1.00 bits per heavy atom. The van der Waals surface area contributed by atoms with Gasteiger partial charge in [0, 0.05) is 0 Å². The molecule has 0 aliphatic rings. The van der Waals surface area contributed by atoms with E-state index in [9.17, 15) is 0 Å². The van der Waals surface area contributed by atoms with Gasteiger partial charge in [0.1, 0.15) is 0 Å². The van der Waals surface area contributed by atoms with Crippen molar-refractivity contribution in [1.82, 2.24) is 0 Å². The van der Waals surface area contributed by atoms with Crippen molar-refractivity contribution in [3.05, 3.63) is 36.4 Å². The van der Waals surface area contributed by atoms with E-state index in [0.717, 1.165) is 0 Å². The van der Waals surface area contributed by atoms with Crippen molar-refractivity contribution in [2.24, 2.45) is 0 Å². The Hall–Kier alpha value is 0.330. The van der Waals surface area contributed by atoms with Crippen LogP contribution in [-0.2, 0) is 4.57 Å². The van der Waals surface area contributed by atoms with Crippen LogP contribution in [0.1, 0.15) is 1.43 Å². The first-order valence-corrected chi connectivity index (χ1v) is 4.35. The monoisotopic (exact) mass is 200 g/mol. The number of rotatable bonds is 0. The van der Waals surface area contributed by atoms with Crippen molar-refractivity contribution in [3.8, 4) is 0 Å². The zero-order valence-corrected chi connectivity index (χ0v) is 9.56. The van der Waals surface area contributed by atoms with E-state index >= 15 is 0 Å². The fourth-order valence-corrected chi connectivity index (χ4v) is 0.385. The first-order valence-electron chi connectivity index (χ1n) is 2.78. The van der Waals surface area contributed by atoms with Crippen LogP contribution in [0, 0.1) is 0 Å². The minimum atomic E-state index is -4.64. The molecular formula is C6H10NaO4P. The van der Waals surface area contributed by atoms with E-state index in [2.05, 4.69) is 0 Å². The van der Waals surface area contributed by atoms with E-state index < -0.39 is 7.82 Å². The van der Waals surface area contributed by atoms with Gasteiger partial charge in [0.2, 0.25) is 0 Å². The molecule has 0 heterocycles.